The minimum absolute atomic E-state index is 0.199. The lowest BCUT2D eigenvalue weighted by Gasteiger charge is -2.10. The second-order valence-electron chi connectivity index (χ2n) is 3.88. The molecular weight excluding hydrogens is 230 g/mol. The van der Waals surface area contributed by atoms with Gasteiger partial charge in [-0.05, 0) is 18.6 Å². The maximum absolute atomic E-state index is 11.6. The summed E-state index contributed by atoms with van der Waals surface area (Å²) in [5, 5.41) is 2.71. The smallest absolute Gasteiger partial charge is 0.241 e. The molecule has 2 heterocycles. The van der Waals surface area contributed by atoms with E-state index in [1.165, 1.54) is 0 Å². The lowest BCUT2D eigenvalue weighted by molar-refractivity contribution is -0.117. The van der Waals surface area contributed by atoms with E-state index in [4.69, 9.17) is 5.73 Å². The van der Waals surface area contributed by atoms with E-state index < -0.39 is 6.04 Å². The molecule has 0 aliphatic rings. The zero-order valence-corrected chi connectivity index (χ0v) is 10.1. The van der Waals surface area contributed by atoms with Gasteiger partial charge in [0.05, 0.1) is 17.9 Å². The number of nitrogens with zero attached hydrogens (tertiary/aromatic N) is 3. The van der Waals surface area contributed by atoms with Gasteiger partial charge in [0.2, 0.25) is 5.91 Å². The summed E-state index contributed by atoms with van der Waals surface area (Å²) in [4.78, 5) is 19.7. The van der Waals surface area contributed by atoms with Gasteiger partial charge in [0.25, 0.3) is 0 Å². The molecule has 3 N–H and O–H groups in total. The third-order valence-corrected chi connectivity index (χ3v) is 2.56. The minimum atomic E-state index is -0.488. The van der Waals surface area contributed by atoms with E-state index in [9.17, 15) is 4.79 Å². The minimum Gasteiger partial charge on any atom is -0.323 e. The number of rotatable bonds is 4. The van der Waals surface area contributed by atoms with E-state index in [1.54, 1.807) is 41.6 Å². The molecule has 94 valence electrons. The molecule has 2 rings (SSSR count). The van der Waals surface area contributed by atoms with E-state index in [0.29, 0.717) is 12.1 Å². The van der Waals surface area contributed by atoms with Crippen molar-refractivity contribution in [1.82, 2.24) is 14.5 Å². The number of aromatic nitrogens is 3. The molecule has 1 atom stereocenters. The summed E-state index contributed by atoms with van der Waals surface area (Å²) in [5.74, 6) is 0.542. The third-order valence-electron chi connectivity index (χ3n) is 2.56. The molecule has 0 bridgehead atoms. The molecule has 1 amide bonds. The van der Waals surface area contributed by atoms with Crippen LogP contribution < -0.4 is 11.1 Å². The number of carbonyl (C=O) groups excluding carboxylic acids is 1. The highest BCUT2D eigenvalue weighted by atomic mass is 16.2. The zero-order valence-electron chi connectivity index (χ0n) is 10.1. The van der Waals surface area contributed by atoms with Crippen molar-refractivity contribution < 1.29 is 4.79 Å². The first-order valence-corrected chi connectivity index (χ1v) is 5.71. The Balaban J connectivity index is 2.06. The molecule has 0 aliphatic heterocycles. The average Bonchev–Trinajstić information content (AvgIpc) is 2.92. The predicted molar refractivity (Wildman–Crippen MR) is 68.3 cm³/mol. The van der Waals surface area contributed by atoms with E-state index in [0.717, 1.165) is 5.82 Å². The molecule has 1 unspecified atom stereocenters. The first kappa shape index (κ1) is 12.3. The van der Waals surface area contributed by atoms with E-state index in [-0.39, 0.29) is 5.91 Å². The molecule has 0 saturated carbocycles. The molecule has 0 aromatic carbocycles. The number of amides is 1. The molecule has 6 nitrogen and oxygen atoms in total. The van der Waals surface area contributed by atoms with Crippen LogP contribution >= 0.6 is 0 Å². The van der Waals surface area contributed by atoms with Crippen LogP contribution in [0.2, 0.25) is 0 Å². The summed E-state index contributed by atoms with van der Waals surface area (Å²) in [7, 11) is 0. The Bertz CT molecular complexity index is 506. The Hall–Kier alpha value is -2.21. The van der Waals surface area contributed by atoms with Crippen LogP contribution in [0.3, 0.4) is 0 Å². The Labute approximate surface area is 105 Å². The van der Waals surface area contributed by atoms with Gasteiger partial charge in [-0.3, -0.25) is 9.36 Å². The number of hydrogen-bond donors (Lipinski definition) is 2. The van der Waals surface area contributed by atoms with Crippen LogP contribution in [0.1, 0.15) is 13.3 Å². The van der Waals surface area contributed by atoms with E-state index in [2.05, 4.69) is 15.3 Å². The lowest BCUT2D eigenvalue weighted by atomic mass is 10.2. The normalized spacial score (nSPS) is 12.1. The standard InChI is InChI=1S/C12H15N5O/c1-2-10(13)12(18)16-9-3-4-11(15-7-9)17-6-5-14-8-17/h3-8,10H,2,13H2,1H3,(H,16,18). The highest BCUT2D eigenvalue weighted by Crippen LogP contribution is 2.09. The van der Waals surface area contributed by atoms with Gasteiger partial charge in [0.1, 0.15) is 12.1 Å². The van der Waals surface area contributed by atoms with Crippen molar-refractivity contribution in [3.63, 3.8) is 0 Å². The Morgan fingerprint density at radius 2 is 2.39 bits per heavy atom. The summed E-state index contributed by atoms with van der Waals surface area (Å²) < 4.78 is 1.78. The second-order valence-corrected chi connectivity index (χ2v) is 3.88. The number of imidazole rings is 1. The van der Waals surface area contributed by atoms with Crippen molar-refractivity contribution >= 4 is 11.6 Å². The molecule has 2 aromatic rings. The number of pyridine rings is 1. The quantitative estimate of drug-likeness (QED) is 0.839. The Morgan fingerprint density at radius 3 is 2.94 bits per heavy atom. The molecule has 0 fully saturated rings. The predicted octanol–water partition coefficient (Wildman–Crippen LogP) is 0.943. The van der Waals surface area contributed by atoms with Crippen molar-refractivity contribution in [3.05, 3.63) is 37.1 Å². The summed E-state index contributed by atoms with van der Waals surface area (Å²) in [5.41, 5.74) is 6.26. The fraction of sp³-hybridized carbons (Fsp3) is 0.250. The van der Waals surface area contributed by atoms with Crippen LogP contribution in [-0.4, -0.2) is 26.5 Å². The van der Waals surface area contributed by atoms with Gasteiger partial charge in [-0.25, -0.2) is 9.97 Å². The van der Waals surface area contributed by atoms with Crippen LogP contribution in [0.25, 0.3) is 5.82 Å². The van der Waals surface area contributed by atoms with Gasteiger partial charge in [0, 0.05) is 12.4 Å². The highest BCUT2D eigenvalue weighted by molar-refractivity contribution is 5.94. The summed E-state index contributed by atoms with van der Waals surface area (Å²) in [6.45, 7) is 1.87. The van der Waals surface area contributed by atoms with Crippen molar-refractivity contribution in [3.8, 4) is 5.82 Å². The van der Waals surface area contributed by atoms with Gasteiger partial charge >= 0.3 is 0 Å². The summed E-state index contributed by atoms with van der Waals surface area (Å²) in [6.07, 6.45) is 7.33. The fourth-order valence-corrected chi connectivity index (χ4v) is 1.43. The molecule has 0 spiro atoms. The Morgan fingerprint density at radius 1 is 1.56 bits per heavy atom. The first-order chi connectivity index (χ1) is 8.70. The third kappa shape index (κ3) is 2.72. The lowest BCUT2D eigenvalue weighted by Crippen LogP contribution is -2.34. The van der Waals surface area contributed by atoms with Crippen molar-refractivity contribution in [1.29, 1.82) is 0 Å². The number of hydrogen-bond acceptors (Lipinski definition) is 4. The highest BCUT2D eigenvalue weighted by Gasteiger charge is 2.10. The molecular formula is C12H15N5O. The monoisotopic (exact) mass is 245 g/mol. The van der Waals surface area contributed by atoms with Crippen molar-refractivity contribution in [2.24, 2.45) is 5.73 Å². The average molecular weight is 245 g/mol. The molecule has 0 saturated heterocycles. The largest absolute Gasteiger partial charge is 0.323 e. The van der Waals surface area contributed by atoms with E-state index >= 15 is 0 Å². The van der Waals surface area contributed by atoms with Crippen molar-refractivity contribution in [2.45, 2.75) is 19.4 Å². The SMILES string of the molecule is CCC(N)C(=O)Nc1ccc(-n2ccnc2)nc1. The number of nitrogens with two attached hydrogens (primary N) is 1. The topological polar surface area (TPSA) is 85.8 Å². The molecule has 0 radical (unpaired) electrons. The van der Waals surface area contributed by atoms with Crippen LogP contribution in [-0.2, 0) is 4.79 Å². The number of carbonyl (C=O) groups is 1. The maximum Gasteiger partial charge on any atom is 0.241 e. The maximum atomic E-state index is 11.6. The van der Waals surface area contributed by atoms with Gasteiger partial charge < -0.3 is 11.1 Å². The van der Waals surface area contributed by atoms with Gasteiger partial charge in [-0.1, -0.05) is 6.92 Å². The van der Waals surface area contributed by atoms with Crippen LogP contribution in [0, 0.1) is 0 Å². The summed E-state index contributed by atoms with van der Waals surface area (Å²) >= 11 is 0. The van der Waals surface area contributed by atoms with Crippen LogP contribution in [0.15, 0.2) is 37.1 Å². The summed E-state index contributed by atoms with van der Waals surface area (Å²) in [6, 6.07) is 3.09. The van der Waals surface area contributed by atoms with Crippen molar-refractivity contribution in [2.75, 3.05) is 5.32 Å². The first-order valence-electron chi connectivity index (χ1n) is 5.71. The molecule has 6 heteroatoms. The number of nitrogens with one attached hydrogen (secondary N) is 1. The van der Waals surface area contributed by atoms with Gasteiger partial charge in [-0.2, -0.15) is 0 Å². The fourth-order valence-electron chi connectivity index (χ4n) is 1.43. The molecule has 18 heavy (non-hydrogen) atoms. The van der Waals surface area contributed by atoms with Crippen LogP contribution in [0.5, 0.6) is 0 Å². The van der Waals surface area contributed by atoms with E-state index in [1.807, 2.05) is 6.92 Å². The molecule has 0 aliphatic carbocycles. The Kier molecular flexibility index (Phi) is 3.69. The van der Waals surface area contributed by atoms with Gasteiger partial charge in [-0.15, -0.1) is 0 Å². The van der Waals surface area contributed by atoms with Crippen LogP contribution in [0.4, 0.5) is 5.69 Å². The van der Waals surface area contributed by atoms with Gasteiger partial charge in [0.15, 0.2) is 0 Å². The zero-order chi connectivity index (χ0) is 13.0. The number of anilines is 1. The second kappa shape index (κ2) is 5.42. The molecule has 2 aromatic heterocycles.